The Bertz CT molecular complexity index is 1170. The number of fused-ring (bicyclic) bond motifs is 1. The van der Waals surface area contributed by atoms with Gasteiger partial charge < -0.3 is 25.4 Å². The Morgan fingerprint density at radius 3 is 2.28 bits per heavy atom. The van der Waals surface area contributed by atoms with Gasteiger partial charge in [0, 0.05) is 6.92 Å². The summed E-state index contributed by atoms with van der Waals surface area (Å²) in [5, 5.41) is 13.9. The zero-order valence-corrected chi connectivity index (χ0v) is 19.5. The van der Waals surface area contributed by atoms with E-state index >= 15 is 0 Å². The van der Waals surface area contributed by atoms with Gasteiger partial charge >= 0.3 is 5.97 Å². The van der Waals surface area contributed by atoms with E-state index in [1.807, 2.05) is 6.07 Å². The van der Waals surface area contributed by atoms with Gasteiger partial charge in [0.15, 0.2) is 0 Å². The molecule has 3 N–H and O–H groups in total. The first kappa shape index (κ1) is 26.1. The number of carboxylic acids is 1. The van der Waals surface area contributed by atoms with E-state index in [0.717, 1.165) is 10.5 Å². The SMILES string of the molecule is CC(=O)N1C[C@H](NC(=O)Cc2ccccc2)C(=O)N(CC(=O)N[C@H](C=O)CC(=O)O)c2ccccc21. The van der Waals surface area contributed by atoms with Gasteiger partial charge in [-0.15, -0.1) is 0 Å². The molecule has 2 atom stereocenters. The molecule has 4 amide bonds. The molecular weight excluding hydrogens is 468 g/mol. The molecule has 0 spiro atoms. The molecule has 0 radical (unpaired) electrons. The van der Waals surface area contributed by atoms with Crippen molar-refractivity contribution in [2.24, 2.45) is 0 Å². The minimum Gasteiger partial charge on any atom is -0.481 e. The summed E-state index contributed by atoms with van der Waals surface area (Å²) in [5.74, 6) is -3.50. The highest BCUT2D eigenvalue weighted by atomic mass is 16.4. The lowest BCUT2D eigenvalue weighted by atomic mass is 10.1. The van der Waals surface area contributed by atoms with Crippen molar-refractivity contribution < 1.29 is 33.9 Å². The van der Waals surface area contributed by atoms with E-state index in [2.05, 4.69) is 10.6 Å². The number of carbonyl (C=O) groups is 6. The summed E-state index contributed by atoms with van der Waals surface area (Å²) < 4.78 is 0. The largest absolute Gasteiger partial charge is 0.481 e. The van der Waals surface area contributed by atoms with Crippen molar-refractivity contribution in [1.82, 2.24) is 10.6 Å². The molecule has 188 valence electrons. The first-order chi connectivity index (χ1) is 17.2. The molecule has 11 heteroatoms. The van der Waals surface area contributed by atoms with Crippen LogP contribution in [0.1, 0.15) is 18.9 Å². The summed E-state index contributed by atoms with van der Waals surface area (Å²) in [7, 11) is 0. The summed E-state index contributed by atoms with van der Waals surface area (Å²) in [6.07, 6.45) is -0.307. The topological polar surface area (TPSA) is 153 Å². The van der Waals surface area contributed by atoms with E-state index < -0.39 is 48.7 Å². The molecule has 0 bridgehead atoms. The van der Waals surface area contributed by atoms with Crippen molar-refractivity contribution in [3.05, 3.63) is 60.2 Å². The molecular formula is C25H26N4O7. The Hall–Kier alpha value is -4.54. The number of hydrogen-bond acceptors (Lipinski definition) is 6. The molecule has 0 unspecified atom stereocenters. The number of nitrogens with one attached hydrogen (secondary N) is 2. The second-order valence-electron chi connectivity index (χ2n) is 8.23. The number of aldehydes is 1. The van der Waals surface area contributed by atoms with Crippen molar-refractivity contribution in [3.63, 3.8) is 0 Å². The average Bonchev–Trinajstić information content (AvgIpc) is 2.94. The Labute approximate surface area is 207 Å². The molecule has 1 aliphatic rings. The number of carbonyl (C=O) groups excluding carboxylic acids is 5. The predicted molar refractivity (Wildman–Crippen MR) is 129 cm³/mol. The van der Waals surface area contributed by atoms with Gasteiger partial charge in [-0.2, -0.15) is 0 Å². The first-order valence-electron chi connectivity index (χ1n) is 11.2. The molecule has 2 aromatic carbocycles. The molecule has 11 nitrogen and oxygen atoms in total. The number of anilines is 2. The molecule has 0 aromatic heterocycles. The summed E-state index contributed by atoms with van der Waals surface area (Å²) >= 11 is 0. The third kappa shape index (κ3) is 6.53. The molecule has 1 heterocycles. The van der Waals surface area contributed by atoms with E-state index in [1.54, 1.807) is 48.5 Å². The highest BCUT2D eigenvalue weighted by Gasteiger charge is 2.37. The standard InChI is InChI=1S/C25H26N4O7/c1-16(31)28-13-19(27-22(32)11-17-7-3-2-4-8-17)25(36)29(21-10-6-5-9-20(21)28)14-23(33)26-18(15-30)12-24(34)35/h2-10,15,18-19H,11-14H2,1H3,(H,26,33)(H,27,32)(H,34,35)/t18-,19-/m0/s1. The third-order valence-corrected chi connectivity index (χ3v) is 5.52. The Kier molecular flexibility index (Phi) is 8.50. The van der Waals surface area contributed by atoms with Gasteiger partial charge in [0.1, 0.15) is 18.9 Å². The monoisotopic (exact) mass is 494 g/mol. The Balaban J connectivity index is 1.88. The zero-order chi connectivity index (χ0) is 26.2. The molecule has 1 aliphatic heterocycles. The molecule has 36 heavy (non-hydrogen) atoms. The zero-order valence-electron chi connectivity index (χ0n) is 19.5. The summed E-state index contributed by atoms with van der Waals surface area (Å²) in [6.45, 7) is 0.615. The number of para-hydroxylation sites is 2. The van der Waals surface area contributed by atoms with Gasteiger partial charge in [0.05, 0.1) is 36.8 Å². The number of aliphatic carboxylic acids is 1. The maximum Gasteiger partial charge on any atom is 0.305 e. The summed E-state index contributed by atoms with van der Waals surface area (Å²) in [6, 6.07) is 12.9. The van der Waals surface area contributed by atoms with Gasteiger partial charge in [-0.25, -0.2) is 0 Å². The van der Waals surface area contributed by atoms with Crippen molar-refractivity contribution >= 4 is 47.3 Å². The maximum absolute atomic E-state index is 13.6. The van der Waals surface area contributed by atoms with Crippen molar-refractivity contribution in [2.45, 2.75) is 31.8 Å². The highest BCUT2D eigenvalue weighted by Crippen LogP contribution is 2.32. The Morgan fingerprint density at radius 1 is 1.03 bits per heavy atom. The van der Waals surface area contributed by atoms with Crippen LogP contribution in [0.5, 0.6) is 0 Å². The van der Waals surface area contributed by atoms with Crippen molar-refractivity contribution in [2.75, 3.05) is 22.9 Å². The number of benzene rings is 2. The first-order valence-corrected chi connectivity index (χ1v) is 11.2. The van der Waals surface area contributed by atoms with Gasteiger partial charge in [-0.05, 0) is 17.7 Å². The number of nitrogens with zero attached hydrogens (tertiary/aromatic N) is 2. The summed E-state index contributed by atoms with van der Waals surface area (Å²) in [4.78, 5) is 76.0. The van der Waals surface area contributed by atoms with Crippen LogP contribution in [0.25, 0.3) is 0 Å². The minimum atomic E-state index is -1.28. The normalized spacial score (nSPS) is 15.8. The second kappa shape index (κ2) is 11.7. The summed E-state index contributed by atoms with van der Waals surface area (Å²) in [5.41, 5.74) is 1.36. The van der Waals surface area contributed by atoms with Crippen LogP contribution >= 0.6 is 0 Å². The third-order valence-electron chi connectivity index (χ3n) is 5.52. The van der Waals surface area contributed by atoms with Gasteiger partial charge in [0.2, 0.25) is 17.7 Å². The van der Waals surface area contributed by atoms with Crippen LogP contribution in [0.2, 0.25) is 0 Å². The maximum atomic E-state index is 13.6. The lowest BCUT2D eigenvalue weighted by Crippen LogP contribution is -2.55. The minimum absolute atomic E-state index is 0.00826. The van der Waals surface area contributed by atoms with Crippen LogP contribution in [0, 0.1) is 0 Å². The van der Waals surface area contributed by atoms with E-state index in [4.69, 9.17) is 5.11 Å². The van der Waals surface area contributed by atoms with E-state index in [9.17, 15) is 28.8 Å². The molecule has 2 aromatic rings. The average molecular weight is 495 g/mol. The number of carboxylic acid groups (broad SMARTS) is 1. The molecule has 0 fully saturated rings. The fraction of sp³-hybridized carbons (Fsp3) is 0.280. The van der Waals surface area contributed by atoms with Crippen LogP contribution in [0.4, 0.5) is 11.4 Å². The molecule has 0 saturated heterocycles. The van der Waals surface area contributed by atoms with E-state index in [1.165, 1.54) is 11.8 Å². The van der Waals surface area contributed by atoms with Crippen LogP contribution in [-0.4, -0.2) is 66.2 Å². The highest BCUT2D eigenvalue weighted by molar-refractivity contribution is 6.10. The molecule has 3 rings (SSSR count). The lowest BCUT2D eigenvalue weighted by molar-refractivity contribution is -0.139. The van der Waals surface area contributed by atoms with Gasteiger partial charge in [-0.3, -0.25) is 28.9 Å². The van der Waals surface area contributed by atoms with Crippen LogP contribution in [-0.2, 0) is 35.2 Å². The van der Waals surface area contributed by atoms with Gasteiger partial charge in [-0.1, -0.05) is 42.5 Å². The van der Waals surface area contributed by atoms with E-state index in [0.29, 0.717) is 12.0 Å². The van der Waals surface area contributed by atoms with Crippen LogP contribution < -0.4 is 20.4 Å². The van der Waals surface area contributed by atoms with Crippen molar-refractivity contribution in [1.29, 1.82) is 0 Å². The van der Waals surface area contributed by atoms with Crippen LogP contribution in [0.3, 0.4) is 0 Å². The Morgan fingerprint density at radius 2 is 1.67 bits per heavy atom. The predicted octanol–water partition coefficient (Wildman–Crippen LogP) is 0.272. The van der Waals surface area contributed by atoms with Gasteiger partial charge in [0.25, 0.3) is 5.91 Å². The van der Waals surface area contributed by atoms with Crippen molar-refractivity contribution in [3.8, 4) is 0 Å². The second-order valence-corrected chi connectivity index (χ2v) is 8.23. The number of rotatable bonds is 9. The quantitative estimate of drug-likeness (QED) is 0.423. The fourth-order valence-corrected chi connectivity index (χ4v) is 3.90. The van der Waals surface area contributed by atoms with Crippen LogP contribution in [0.15, 0.2) is 54.6 Å². The number of amides is 4. The fourth-order valence-electron chi connectivity index (χ4n) is 3.90. The van der Waals surface area contributed by atoms with E-state index in [-0.39, 0.29) is 24.6 Å². The lowest BCUT2D eigenvalue weighted by Gasteiger charge is -2.25. The molecule has 0 saturated carbocycles. The smallest absolute Gasteiger partial charge is 0.305 e. The molecule has 0 aliphatic carbocycles. The number of hydrogen-bond donors (Lipinski definition) is 3.